The molecule has 1 aromatic rings. The van der Waals surface area contributed by atoms with Crippen LogP contribution in [0.5, 0.6) is 11.5 Å². The van der Waals surface area contributed by atoms with Gasteiger partial charge in [0, 0.05) is 23.6 Å². The summed E-state index contributed by atoms with van der Waals surface area (Å²) >= 11 is 0. The second kappa shape index (κ2) is 5.26. The van der Waals surface area contributed by atoms with Gasteiger partial charge >= 0.3 is 6.36 Å². The molecule has 0 spiro atoms. The van der Waals surface area contributed by atoms with Crippen molar-refractivity contribution in [1.29, 1.82) is 0 Å². The summed E-state index contributed by atoms with van der Waals surface area (Å²) in [5, 5.41) is 18.9. The van der Waals surface area contributed by atoms with E-state index in [1.807, 2.05) is 0 Å². The largest absolute Gasteiger partial charge is 0.573 e. The summed E-state index contributed by atoms with van der Waals surface area (Å²) in [5.41, 5.74) is 5.15. The van der Waals surface area contributed by atoms with Crippen LogP contribution in [0.15, 0.2) is 18.2 Å². The quantitative estimate of drug-likeness (QED) is 0.790. The highest BCUT2D eigenvalue weighted by molar-refractivity contribution is 5.42. The Balaban J connectivity index is 3.11. The number of benzene rings is 1. The first-order valence-electron chi connectivity index (χ1n) is 5.52. The molecule has 0 fully saturated rings. The van der Waals surface area contributed by atoms with Crippen molar-refractivity contribution in [2.75, 3.05) is 6.61 Å². The minimum atomic E-state index is -4.81. The summed E-state index contributed by atoms with van der Waals surface area (Å²) in [4.78, 5) is 0. The van der Waals surface area contributed by atoms with E-state index >= 15 is 0 Å². The minimum Gasteiger partial charge on any atom is -0.508 e. The number of aliphatic hydroxyl groups is 1. The van der Waals surface area contributed by atoms with Gasteiger partial charge in [0.25, 0.3) is 0 Å². The number of hydrogen-bond donors (Lipinski definition) is 3. The van der Waals surface area contributed by atoms with E-state index in [1.165, 1.54) is 0 Å². The van der Waals surface area contributed by atoms with Gasteiger partial charge < -0.3 is 20.7 Å². The number of phenols is 1. The Labute approximate surface area is 108 Å². The predicted molar refractivity (Wildman–Crippen MR) is 62.6 cm³/mol. The molecule has 1 rings (SSSR count). The number of ether oxygens (including phenoxy) is 1. The molecular weight excluding hydrogens is 263 g/mol. The summed E-state index contributed by atoms with van der Waals surface area (Å²) in [7, 11) is 0. The Hall–Kier alpha value is -1.47. The summed E-state index contributed by atoms with van der Waals surface area (Å²) in [6, 6.07) is 2.24. The Bertz CT molecular complexity index is 446. The number of alkyl halides is 3. The average Bonchev–Trinajstić information content (AvgIpc) is 2.29. The van der Waals surface area contributed by atoms with E-state index in [-0.39, 0.29) is 17.9 Å². The van der Waals surface area contributed by atoms with E-state index < -0.39 is 23.6 Å². The molecule has 4 nitrogen and oxygen atoms in total. The SMILES string of the molecule is CC(C)(CO)[C@H](N)c1cc(OC(F)(F)F)ccc1O. The summed E-state index contributed by atoms with van der Waals surface area (Å²) < 4.78 is 40.1. The number of aliphatic hydroxyl groups excluding tert-OH is 1. The number of hydrogen-bond acceptors (Lipinski definition) is 4. The molecule has 0 aliphatic rings. The topological polar surface area (TPSA) is 75.7 Å². The van der Waals surface area contributed by atoms with Crippen LogP contribution in [0.3, 0.4) is 0 Å². The van der Waals surface area contributed by atoms with Crippen molar-refractivity contribution in [2.24, 2.45) is 11.1 Å². The first-order chi connectivity index (χ1) is 8.57. The van der Waals surface area contributed by atoms with E-state index in [2.05, 4.69) is 4.74 Å². The molecule has 0 unspecified atom stereocenters. The fourth-order valence-electron chi connectivity index (χ4n) is 1.50. The molecule has 0 aliphatic heterocycles. The molecule has 0 amide bonds. The lowest BCUT2D eigenvalue weighted by molar-refractivity contribution is -0.274. The van der Waals surface area contributed by atoms with E-state index in [1.54, 1.807) is 13.8 Å². The maximum absolute atomic E-state index is 12.1. The lowest BCUT2D eigenvalue weighted by Gasteiger charge is -2.30. The minimum absolute atomic E-state index is 0.0841. The van der Waals surface area contributed by atoms with Crippen molar-refractivity contribution in [1.82, 2.24) is 0 Å². The zero-order chi connectivity index (χ0) is 14.8. The van der Waals surface area contributed by atoms with Crippen LogP contribution in [0.2, 0.25) is 0 Å². The van der Waals surface area contributed by atoms with Gasteiger partial charge in [0.05, 0.1) is 0 Å². The fourth-order valence-corrected chi connectivity index (χ4v) is 1.50. The van der Waals surface area contributed by atoms with E-state index in [0.717, 1.165) is 18.2 Å². The molecule has 4 N–H and O–H groups in total. The van der Waals surface area contributed by atoms with Crippen LogP contribution < -0.4 is 10.5 Å². The van der Waals surface area contributed by atoms with Crippen LogP contribution >= 0.6 is 0 Å². The van der Waals surface area contributed by atoms with E-state index in [4.69, 9.17) is 5.73 Å². The van der Waals surface area contributed by atoms with Gasteiger partial charge in [-0.25, -0.2) is 0 Å². The fraction of sp³-hybridized carbons (Fsp3) is 0.500. The van der Waals surface area contributed by atoms with Crippen molar-refractivity contribution in [3.05, 3.63) is 23.8 Å². The standard InChI is InChI=1S/C12H16F3NO3/c1-11(2,6-17)10(16)8-5-7(3-4-9(8)18)19-12(13,14)15/h3-5,10,17-18H,6,16H2,1-2H3/t10-/m1/s1. The van der Waals surface area contributed by atoms with Crippen molar-refractivity contribution in [2.45, 2.75) is 26.3 Å². The number of aromatic hydroxyl groups is 1. The molecule has 1 atom stereocenters. The molecular formula is C12H16F3NO3. The van der Waals surface area contributed by atoms with Crippen LogP contribution in [-0.2, 0) is 0 Å². The van der Waals surface area contributed by atoms with Crippen molar-refractivity contribution < 1.29 is 28.1 Å². The lowest BCUT2D eigenvalue weighted by atomic mass is 9.81. The van der Waals surface area contributed by atoms with Crippen LogP contribution in [0, 0.1) is 5.41 Å². The molecule has 0 bridgehead atoms. The molecule has 1 aromatic carbocycles. The van der Waals surface area contributed by atoms with Crippen LogP contribution in [0.4, 0.5) is 13.2 Å². The first kappa shape index (κ1) is 15.6. The molecule has 0 saturated heterocycles. The second-order valence-corrected chi connectivity index (χ2v) is 4.89. The number of nitrogens with two attached hydrogens (primary N) is 1. The van der Waals surface area contributed by atoms with Crippen LogP contribution in [0.1, 0.15) is 25.5 Å². The van der Waals surface area contributed by atoms with Crippen molar-refractivity contribution in [3.63, 3.8) is 0 Å². The lowest BCUT2D eigenvalue weighted by Crippen LogP contribution is -2.32. The van der Waals surface area contributed by atoms with Crippen LogP contribution in [0.25, 0.3) is 0 Å². The van der Waals surface area contributed by atoms with Gasteiger partial charge in [-0.1, -0.05) is 13.8 Å². The molecule has 7 heteroatoms. The van der Waals surface area contributed by atoms with Crippen molar-refractivity contribution >= 4 is 0 Å². The maximum atomic E-state index is 12.1. The highest BCUT2D eigenvalue weighted by atomic mass is 19.4. The van der Waals surface area contributed by atoms with Gasteiger partial charge in [-0.15, -0.1) is 13.2 Å². The second-order valence-electron chi connectivity index (χ2n) is 4.89. The highest BCUT2D eigenvalue weighted by Gasteiger charge is 2.33. The Morgan fingerprint density at radius 2 is 1.89 bits per heavy atom. The highest BCUT2D eigenvalue weighted by Crippen LogP contribution is 2.37. The average molecular weight is 279 g/mol. The summed E-state index contributed by atoms with van der Waals surface area (Å²) in [6.45, 7) is 2.99. The Kier molecular flexibility index (Phi) is 4.32. The Morgan fingerprint density at radius 3 is 2.37 bits per heavy atom. The molecule has 0 aliphatic carbocycles. The molecule has 0 heterocycles. The van der Waals surface area contributed by atoms with Crippen LogP contribution in [-0.4, -0.2) is 23.2 Å². The van der Waals surface area contributed by atoms with Gasteiger partial charge in [-0.05, 0) is 18.2 Å². The predicted octanol–water partition coefficient (Wildman–Crippen LogP) is 2.31. The Morgan fingerprint density at radius 1 is 1.32 bits per heavy atom. The van der Waals surface area contributed by atoms with Gasteiger partial charge in [0.1, 0.15) is 11.5 Å². The molecule has 0 aromatic heterocycles. The number of rotatable bonds is 4. The zero-order valence-electron chi connectivity index (χ0n) is 10.5. The van der Waals surface area contributed by atoms with Crippen molar-refractivity contribution in [3.8, 4) is 11.5 Å². The van der Waals surface area contributed by atoms with Gasteiger partial charge in [0.2, 0.25) is 0 Å². The van der Waals surface area contributed by atoms with E-state index in [9.17, 15) is 23.4 Å². The molecule has 108 valence electrons. The smallest absolute Gasteiger partial charge is 0.508 e. The zero-order valence-corrected chi connectivity index (χ0v) is 10.5. The summed E-state index contributed by atoms with van der Waals surface area (Å²) in [5.74, 6) is -0.715. The maximum Gasteiger partial charge on any atom is 0.573 e. The number of phenolic OH excluding ortho intramolecular Hbond substituents is 1. The third-order valence-electron chi connectivity index (χ3n) is 2.82. The van der Waals surface area contributed by atoms with Gasteiger partial charge in [-0.3, -0.25) is 0 Å². The third kappa shape index (κ3) is 4.00. The molecule has 0 radical (unpaired) electrons. The summed E-state index contributed by atoms with van der Waals surface area (Å²) in [6.07, 6.45) is -4.81. The van der Waals surface area contributed by atoms with Gasteiger partial charge in [0.15, 0.2) is 0 Å². The normalized spacial score (nSPS) is 14.3. The molecule has 19 heavy (non-hydrogen) atoms. The first-order valence-corrected chi connectivity index (χ1v) is 5.52. The van der Waals surface area contributed by atoms with E-state index in [0.29, 0.717) is 0 Å². The monoisotopic (exact) mass is 279 g/mol. The van der Waals surface area contributed by atoms with Gasteiger partial charge in [-0.2, -0.15) is 0 Å². The number of halogens is 3. The third-order valence-corrected chi connectivity index (χ3v) is 2.82. The molecule has 0 saturated carbocycles.